The number of unbranched alkanes of at least 4 members (excludes halogenated alkanes) is 1. The molecule has 0 amide bonds. The molecule has 0 aliphatic carbocycles. The van der Waals surface area contributed by atoms with Crippen LogP contribution < -0.4 is 4.74 Å². The van der Waals surface area contributed by atoms with Crippen LogP contribution in [0, 0.1) is 0 Å². The quantitative estimate of drug-likeness (QED) is 0.489. The molecule has 2 aromatic rings. The normalized spacial score (nSPS) is 12.2. The highest BCUT2D eigenvalue weighted by atomic mass is 16.5. The molecule has 0 aliphatic rings. The lowest BCUT2D eigenvalue weighted by atomic mass is 10.0. The van der Waals surface area contributed by atoms with E-state index in [1.807, 2.05) is 19.1 Å². The Morgan fingerprint density at radius 3 is 2.25 bits per heavy atom. The lowest BCUT2D eigenvalue weighted by Gasteiger charge is -2.06. The molecule has 126 valence electrons. The third-order valence-corrected chi connectivity index (χ3v) is 3.77. The van der Waals surface area contributed by atoms with E-state index in [0.29, 0.717) is 6.61 Å². The lowest BCUT2D eigenvalue weighted by Crippen LogP contribution is -1.97. The van der Waals surface area contributed by atoms with Gasteiger partial charge in [-0.2, -0.15) is 0 Å². The van der Waals surface area contributed by atoms with E-state index < -0.39 is 0 Å². The molecule has 0 heterocycles. The minimum atomic E-state index is -0.203. The van der Waals surface area contributed by atoms with Crippen molar-refractivity contribution in [2.75, 3.05) is 6.61 Å². The van der Waals surface area contributed by atoms with Crippen LogP contribution in [0.25, 0.3) is 17.2 Å². The predicted molar refractivity (Wildman–Crippen MR) is 102 cm³/mol. The number of benzene rings is 2. The summed E-state index contributed by atoms with van der Waals surface area (Å²) in [6.07, 6.45) is 8.72. The van der Waals surface area contributed by atoms with Gasteiger partial charge >= 0.3 is 0 Å². The Bertz CT molecular complexity index is 637. The average Bonchev–Trinajstić information content (AvgIpc) is 2.60. The fourth-order valence-electron chi connectivity index (χ4n) is 2.44. The third kappa shape index (κ3) is 6.05. The Labute approximate surface area is 145 Å². The Kier molecular flexibility index (Phi) is 7.31. The van der Waals surface area contributed by atoms with Gasteiger partial charge in [0.05, 0.1) is 6.10 Å². The van der Waals surface area contributed by atoms with Crippen molar-refractivity contribution in [2.45, 2.75) is 32.3 Å². The van der Waals surface area contributed by atoms with Gasteiger partial charge in [-0.15, -0.1) is 0 Å². The van der Waals surface area contributed by atoms with Crippen molar-refractivity contribution in [3.05, 3.63) is 72.8 Å². The van der Waals surface area contributed by atoms with E-state index in [0.717, 1.165) is 25.0 Å². The highest BCUT2D eigenvalue weighted by molar-refractivity contribution is 5.66. The monoisotopic (exact) mass is 322 g/mol. The van der Waals surface area contributed by atoms with Crippen LogP contribution in [0.3, 0.4) is 0 Å². The van der Waals surface area contributed by atoms with Crippen LogP contribution in [-0.4, -0.2) is 17.8 Å². The van der Waals surface area contributed by atoms with Gasteiger partial charge in [0, 0.05) is 0 Å². The van der Waals surface area contributed by atoms with Crippen molar-refractivity contribution >= 4 is 6.08 Å². The van der Waals surface area contributed by atoms with Gasteiger partial charge in [0.1, 0.15) is 12.4 Å². The summed E-state index contributed by atoms with van der Waals surface area (Å²) >= 11 is 0. The van der Waals surface area contributed by atoms with Crippen molar-refractivity contribution in [3.8, 4) is 16.9 Å². The summed E-state index contributed by atoms with van der Waals surface area (Å²) < 4.78 is 5.50. The van der Waals surface area contributed by atoms with Gasteiger partial charge in [0.15, 0.2) is 0 Å². The Hall–Kier alpha value is -2.32. The molecule has 2 nitrogen and oxygen atoms in total. The molecule has 1 unspecified atom stereocenters. The summed E-state index contributed by atoms with van der Waals surface area (Å²) in [5.41, 5.74) is 3.56. The molecule has 0 bridgehead atoms. The summed E-state index contributed by atoms with van der Waals surface area (Å²) in [7, 11) is 0. The van der Waals surface area contributed by atoms with Gasteiger partial charge in [-0.3, -0.25) is 0 Å². The zero-order valence-corrected chi connectivity index (χ0v) is 14.3. The first-order valence-electron chi connectivity index (χ1n) is 8.48. The van der Waals surface area contributed by atoms with E-state index in [9.17, 15) is 5.11 Å². The molecule has 0 aliphatic heterocycles. The molecule has 0 saturated carbocycles. The molecule has 2 heteroatoms. The fourth-order valence-corrected chi connectivity index (χ4v) is 2.44. The second kappa shape index (κ2) is 9.74. The van der Waals surface area contributed by atoms with Gasteiger partial charge < -0.3 is 9.84 Å². The largest absolute Gasteiger partial charge is 0.490 e. The number of rotatable bonds is 9. The number of allylic oxidation sites excluding steroid dienone is 1. The number of aliphatic hydroxyl groups is 1. The molecular formula is C22H26O2. The summed E-state index contributed by atoms with van der Waals surface area (Å²) in [4.78, 5) is 0. The maximum absolute atomic E-state index is 9.23. The van der Waals surface area contributed by atoms with Gasteiger partial charge in [-0.05, 0) is 55.0 Å². The standard InChI is InChI=1S/C22H26O2/c1-3-17-24-22-15-13-21(14-16-22)20-11-9-19(10-12-20)8-6-4-5-7-18(2)23/h3,6,8-16,18,23H,1,4-5,7,17H2,2H3. The van der Waals surface area contributed by atoms with Crippen LogP contribution in [0.5, 0.6) is 5.75 Å². The Morgan fingerprint density at radius 1 is 1.04 bits per heavy atom. The maximum Gasteiger partial charge on any atom is 0.119 e. The van der Waals surface area contributed by atoms with Gasteiger partial charge in [0.25, 0.3) is 0 Å². The Morgan fingerprint density at radius 2 is 1.67 bits per heavy atom. The number of ether oxygens (including phenoxy) is 1. The first kappa shape index (κ1) is 18.0. The number of hydrogen-bond acceptors (Lipinski definition) is 2. The topological polar surface area (TPSA) is 29.5 Å². The third-order valence-electron chi connectivity index (χ3n) is 3.77. The molecule has 1 N–H and O–H groups in total. The number of aliphatic hydroxyl groups excluding tert-OH is 1. The predicted octanol–water partition coefficient (Wildman–Crippen LogP) is 5.48. The van der Waals surface area contributed by atoms with Crippen LogP contribution >= 0.6 is 0 Å². The molecule has 24 heavy (non-hydrogen) atoms. The van der Waals surface area contributed by atoms with E-state index in [1.165, 1.54) is 16.7 Å². The molecule has 0 spiro atoms. The summed E-state index contributed by atoms with van der Waals surface area (Å²) in [6.45, 7) is 6.01. The minimum Gasteiger partial charge on any atom is -0.490 e. The van der Waals surface area contributed by atoms with Crippen molar-refractivity contribution in [2.24, 2.45) is 0 Å². The van der Waals surface area contributed by atoms with Crippen LogP contribution in [0.1, 0.15) is 31.7 Å². The zero-order chi connectivity index (χ0) is 17.2. The molecule has 0 aromatic heterocycles. The van der Waals surface area contributed by atoms with Crippen molar-refractivity contribution < 1.29 is 9.84 Å². The molecule has 2 rings (SSSR count). The van der Waals surface area contributed by atoms with Gasteiger partial charge in [0.2, 0.25) is 0 Å². The lowest BCUT2D eigenvalue weighted by molar-refractivity contribution is 0.182. The molecule has 0 fully saturated rings. The van der Waals surface area contributed by atoms with E-state index >= 15 is 0 Å². The summed E-state index contributed by atoms with van der Waals surface area (Å²) in [5.74, 6) is 0.857. The van der Waals surface area contributed by atoms with Gasteiger partial charge in [-0.1, -0.05) is 61.2 Å². The van der Waals surface area contributed by atoms with Crippen LogP contribution in [0.2, 0.25) is 0 Å². The van der Waals surface area contributed by atoms with E-state index in [1.54, 1.807) is 6.08 Å². The van der Waals surface area contributed by atoms with E-state index in [2.05, 4.69) is 55.1 Å². The second-order valence-corrected chi connectivity index (χ2v) is 5.93. The summed E-state index contributed by atoms with van der Waals surface area (Å²) in [6, 6.07) is 16.6. The minimum absolute atomic E-state index is 0.203. The first-order valence-corrected chi connectivity index (χ1v) is 8.48. The molecule has 0 radical (unpaired) electrons. The van der Waals surface area contributed by atoms with E-state index in [4.69, 9.17) is 4.74 Å². The first-order chi connectivity index (χ1) is 11.7. The summed E-state index contributed by atoms with van der Waals surface area (Å²) in [5, 5.41) is 9.23. The average molecular weight is 322 g/mol. The van der Waals surface area contributed by atoms with E-state index in [-0.39, 0.29) is 6.10 Å². The zero-order valence-electron chi connectivity index (χ0n) is 14.3. The Balaban J connectivity index is 1.91. The molecule has 1 atom stereocenters. The highest BCUT2D eigenvalue weighted by Crippen LogP contribution is 2.23. The van der Waals surface area contributed by atoms with Crippen molar-refractivity contribution in [1.29, 1.82) is 0 Å². The fraction of sp³-hybridized carbons (Fsp3) is 0.273. The molecular weight excluding hydrogens is 296 g/mol. The highest BCUT2D eigenvalue weighted by Gasteiger charge is 1.99. The van der Waals surface area contributed by atoms with Crippen LogP contribution in [0.15, 0.2) is 67.3 Å². The van der Waals surface area contributed by atoms with Crippen LogP contribution in [-0.2, 0) is 0 Å². The second-order valence-electron chi connectivity index (χ2n) is 5.93. The van der Waals surface area contributed by atoms with Crippen LogP contribution in [0.4, 0.5) is 0 Å². The maximum atomic E-state index is 9.23. The molecule has 2 aromatic carbocycles. The number of hydrogen-bond donors (Lipinski definition) is 1. The molecule has 0 saturated heterocycles. The van der Waals surface area contributed by atoms with Crippen molar-refractivity contribution in [1.82, 2.24) is 0 Å². The SMILES string of the molecule is C=CCOc1ccc(-c2ccc(C=CCCCC(C)O)cc2)cc1. The smallest absolute Gasteiger partial charge is 0.119 e. The van der Waals surface area contributed by atoms with Crippen molar-refractivity contribution in [3.63, 3.8) is 0 Å². The van der Waals surface area contributed by atoms with Gasteiger partial charge in [-0.25, -0.2) is 0 Å².